The number of carbonyl (C=O) groups is 1. The first-order valence-corrected chi connectivity index (χ1v) is 8.78. The van der Waals surface area contributed by atoms with Gasteiger partial charge in [-0.05, 0) is 36.4 Å². The van der Waals surface area contributed by atoms with Crippen molar-refractivity contribution in [1.29, 1.82) is 0 Å². The molecular weight excluding hydrogens is 352 g/mol. The number of hydrogen-bond acceptors (Lipinski definition) is 4. The van der Waals surface area contributed by atoms with Crippen molar-refractivity contribution >= 4 is 11.6 Å². The zero-order chi connectivity index (χ0) is 19.3. The highest BCUT2D eigenvalue weighted by Gasteiger charge is 2.19. The van der Waals surface area contributed by atoms with Crippen LogP contribution >= 0.6 is 0 Å². The van der Waals surface area contributed by atoms with Crippen molar-refractivity contribution in [2.75, 3.05) is 12.4 Å². The first-order chi connectivity index (χ1) is 13.7. The summed E-state index contributed by atoms with van der Waals surface area (Å²) in [4.78, 5) is 17.2. The van der Waals surface area contributed by atoms with Crippen LogP contribution in [0.25, 0.3) is 17.1 Å². The summed E-state index contributed by atoms with van der Waals surface area (Å²) in [5, 5.41) is 7.28. The number of rotatable bonds is 5. The van der Waals surface area contributed by atoms with Crippen LogP contribution in [0.5, 0.6) is 5.75 Å². The zero-order valence-electron chi connectivity index (χ0n) is 15.2. The molecule has 0 radical (unpaired) electrons. The quantitative estimate of drug-likeness (QED) is 0.572. The molecule has 0 unspecified atom stereocenters. The van der Waals surface area contributed by atoms with Crippen LogP contribution in [-0.2, 0) is 0 Å². The van der Waals surface area contributed by atoms with Gasteiger partial charge in [0.05, 0.1) is 12.8 Å². The fourth-order valence-electron chi connectivity index (χ4n) is 2.79. The van der Waals surface area contributed by atoms with Gasteiger partial charge in [0.25, 0.3) is 5.91 Å². The molecule has 0 spiro atoms. The van der Waals surface area contributed by atoms with Crippen LogP contribution in [0.4, 0.5) is 5.69 Å². The highest BCUT2D eigenvalue weighted by Crippen LogP contribution is 2.23. The standard InChI is InChI=1S/C22H18N4O2/c1-28-19-14-12-18(13-15-19)26-21(16-8-4-2-5-9-16)24-20(25-26)22(27)23-17-10-6-3-7-11-17/h2-15H,1H3,(H,23,27). The van der Waals surface area contributed by atoms with Gasteiger partial charge >= 0.3 is 0 Å². The minimum absolute atomic E-state index is 0.0959. The monoisotopic (exact) mass is 370 g/mol. The molecule has 138 valence electrons. The molecule has 1 N–H and O–H groups in total. The predicted octanol–water partition coefficient (Wildman–Crippen LogP) is 4.20. The molecule has 4 aromatic rings. The Bertz CT molecular complexity index is 1070. The van der Waals surface area contributed by atoms with Gasteiger partial charge in [-0.2, -0.15) is 0 Å². The summed E-state index contributed by atoms with van der Waals surface area (Å²) in [5.41, 5.74) is 2.34. The fraction of sp³-hybridized carbons (Fsp3) is 0.0455. The number of benzene rings is 3. The number of methoxy groups -OCH3 is 1. The van der Waals surface area contributed by atoms with E-state index in [1.165, 1.54) is 0 Å². The van der Waals surface area contributed by atoms with Gasteiger partial charge in [-0.1, -0.05) is 48.5 Å². The third kappa shape index (κ3) is 3.61. The summed E-state index contributed by atoms with van der Waals surface area (Å²) >= 11 is 0. The molecular formula is C22H18N4O2. The average Bonchev–Trinajstić information content (AvgIpc) is 3.21. The second kappa shape index (κ2) is 7.75. The van der Waals surface area contributed by atoms with E-state index >= 15 is 0 Å². The maximum atomic E-state index is 12.7. The largest absolute Gasteiger partial charge is 0.497 e. The predicted molar refractivity (Wildman–Crippen MR) is 108 cm³/mol. The summed E-state index contributed by atoms with van der Waals surface area (Å²) in [6, 6.07) is 26.3. The molecule has 3 aromatic carbocycles. The highest BCUT2D eigenvalue weighted by molar-refractivity contribution is 6.01. The molecule has 0 saturated heterocycles. The number of hydrogen-bond donors (Lipinski definition) is 1. The average molecular weight is 370 g/mol. The molecule has 0 aliphatic carbocycles. The molecule has 1 amide bonds. The number of amides is 1. The summed E-state index contributed by atoms with van der Waals surface area (Å²) in [6.45, 7) is 0. The molecule has 28 heavy (non-hydrogen) atoms. The lowest BCUT2D eigenvalue weighted by atomic mass is 10.2. The van der Waals surface area contributed by atoms with Crippen LogP contribution in [0.3, 0.4) is 0 Å². The van der Waals surface area contributed by atoms with E-state index in [1.807, 2.05) is 84.9 Å². The van der Waals surface area contributed by atoms with Crippen molar-refractivity contribution in [3.63, 3.8) is 0 Å². The molecule has 6 nitrogen and oxygen atoms in total. The van der Waals surface area contributed by atoms with E-state index < -0.39 is 0 Å². The number of anilines is 1. The van der Waals surface area contributed by atoms with Crippen molar-refractivity contribution in [2.45, 2.75) is 0 Å². The van der Waals surface area contributed by atoms with Gasteiger partial charge in [0.2, 0.25) is 5.82 Å². The summed E-state index contributed by atoms with van der Waals surface area (Å²) in [7, 11) is 1.62. The molecule has 0 aliphatic heterocycles. The number of nitrogens with one attached hydrogen (secondary N) is 1. The minimum Gasteiger partial charge on any atom is -0.497 e. The summed E-state index contributed by atoms with van der Waals surface area (Å²) in [6.07, 6.45) is 0. The first-order valence-electron chi connectivity index (χ1n) is 8.78. The van der Waals surface area contributed by atoms with Gasteiger partial charge in [0, 0.05) is 11.3 Å². The Balaban J connectivity index is 1.74. The molecule has 4 rings (SSSR count). The maximum Gasteiger partial charge on any atom is 0.295 e. The van der Waals surface area contributed by atoms with E-state index in [1.54, 1.807) is 11.8 Å². The van der Waals surface area contributed by atoms with E-state index in [2.05, 4.69) is 15.4 Å². The van der Waals surface area contributed by atoms with Crippen LogP contribution < -0.4 is 10.1 Å². The van der Waals surface area contributed by atoms with Crippen molar-refractivity contribution in [3.05, 3.63) is 90.8 Å². The smallest absolute Gasteiger partial charge is 0.295 e. The van der Waals surface area contributed by atoms with Crippen molar-refractivity contribution in [1.82, 2.24) is 14.8 Å². The second-order valence-electron chi connectivity index (χ2n) is 6.06. The highest BCUT2D eigenvalue weighted by atomic mass is 16.5. The Kier molecular flexibility index (Phi) is 4.84. The SMILES string of the molecule is COc1ccc(-n2nc(C(=O)Nc3ccccc3)nc2-c2ccccc2)cc1. The number of ether oxygens (including phenoxy) is 1. The van der Waals surface area contributed by atoms with Crippen molar-refractivity contribution in [2.24, 2.45) is 0 Å². The molecule has 0 aliphatic rings. The molecule has 1 aromatic heterocycles. The Morgan fingerprint density at radius 2 is 1.54 bits per heavy atom. The van der Waals surface area contributed by atoms with Gasteiger partial charge in [0.1, 0.15) is 5.75 Å². The van der Waals surface area contributed by atoms with Gasteiger partial charge in [-0.3, -0.25) is 4.79 Å². The molecule has 0 saturated carbocycles. The van der Waals surface area contributed by atoms with Crippen LogP contribution in [0.2, 0.25) is 0 Å². The lowest BCUT2D eigenvalue weighted by Crippen LogP contribution is -2.14. The topological polar surface area (TPSA) is 69.0 Å². The third-order valence-corrected chi connectivity index (χ3v) is 4.19. The van der Waals surface area contributed by atoms with Crippen molar-refractivity contribution < 1.29 is 9.53 Å². The van der Waals surface area contributed by atoms with Crippen LogP contribution in [0.1, 0.15) is 10.6 Å². The summed E-state index contributed by atoms with van der Waals surface area (Å²) in [5.74, 6) is 1.06. The van der Waals surface area contributed by atoms with E-state index in [9.17, 15) is 4.79 Å². The Morgan fingerprint density at radius 3 is 2.18 bits per heavy atom. The van der Waals surface area contributed by atoms with Gasteiger partial charge in [-0.15, -0.1) is 5.10 Å². The second-order valence-corrected chi connectivity index (χ2v) is 6.06. The van der Waals surface area contributed by atoms with E-state index in [-0.39, 0.29) is 11.7 Å². The fourth-order valence-corrected chi connectivity index (χ4v) is 2.79. The van der Waals surface area contributed by atoms with Gasteiger partial charge < -0.3 is 10.1 Å². The Morgan fingerprint density at radius 1 is 0.893 bits per heavy atom. The van der Waals surface area contributed by atoms with Gasteiger partial charge in [0.15, 0.2) is 5.82 Å². The van der Waals surface area contributed by atoms with E-state index in [4.69, 9.17) is 4.74 Å². The molecule has 6 heteroatoms. The summed E-state index contributed by atoms with van der Waals surface area (Å²) < 4.78 is 6.88. The lowest BCUT2D eigenvalue weighted by molar-refractivity contribution is 0.101. The molecule has 0 atom stereocenters. The zero-order valence-corrected chi connectivity index (χ0v) is 15.2. The van der Waals surface area contributed by atoms with Gasteiger partial charge in [-0.25, -0.2) is 9.67 Å². The van der Waals surface area contributed by atoms with Crippen LogP contribution in [0.15, 0.2) is 84.9 Å². The first kappa shape index (κ1) is 17.5. The third-order valence-electron chi connectivity index (χ3n) is 4.19. The lowest BCUT2D eigenvalue weighted by Gasteiger charge is -2.07. The number of para-hydroxylation sites is 1. The molecule has 1 heterocycles. The molecule has 0 fully saturated rings. The van der Waals surface area contributed by atoms with E-state index in [0.717, 1.165) is 17.0 Å². The number of nitrogens with zero attached hydrogens (tertiary/aromatic N) is 3. The Labute approximate surface area is 162 Å². The Hall–Kier alpha value is -3.93. The molecule has 0 bridgehead atoms. The van der Waals surface area contributed by atoms with Crippen LogP contribution in [-0.4, -0.2) is 27.8 Å². The van der Waals surface area contributed by atoms with Crippen LogP contribution in [0, 0.1) is 0 Å². The maximum absolute atomic E-state index is 12.7. The minimum atomic E-state index is -0.365. The number of aromatic nitrogens is 3. The normalized spacial score (nSPS) is 10.5. The number of carbonyl (C=O) groups excluding carboxylic acids is 1. The van der Waals surface area contributed by atoms with E-state index in [0.29, 0.717) is 11.5 Å². The van der Waals surface area contributed by atoms with Crippen molar-refractivity contribution in [3.8, 4) is 22.8 Å².